The fourth-order valence-electron chi connectivity index (χ4n) is 0.875. The zero-order valence-corrected chi connectivity index (χ0v) is 9.34. The highest BCUT2D eigenvalue weighted by atomic mass is 32.2. The molecule has 0 aromatic carbocycles. The number of hydrogen-bond acceptors (Lipinski definition) is 4. The number of carbonyl (C=O) groups excluding carboxylic acids is 1. The minimum Gasteiger partial charge on any atom is -0.480 e. The number of nitrogens with zero attached hydrogens (tertiary/aromatic N) is 1. The third-order valence-electron chi connectivity index (χ3n) is 1.54. The standard InChI is InChI=1S/C9H14N2O3S/c1-7(12)11-8(9(13)14)6-15-5-3-2-4-10/h8H,2-3,5-6H2,1H3,(H,11,12)(H,13,14)/t8-/m0/s1. The minimum absolute atomic E-state index is 0.334. The van der Waals surface area contributed by atoms with Crippen molar-refractivity contribution in [2.75, 3.05) is 11.5 Å². The molecular formula is C9H14N2O3S. The van der Waals surface area contributed by atoms with Gasteiger partial charge in [0.05, 0.1) is 6.07 Å². The summed E-state index contributed by atoms with van der Waals surface area (Å²) in [5.41, 5.74) is 0. The van der Waals surface area contributed by atoms with E-state index >= 15 is 0 Å². The van der Waals surface area contributed by atoms with Crippen LogP contribution in [-0.2, 0) is 9.59 Å². The number of nitriles is 1. The fourth-order valence-corrected chi connectivity index (χ4v) is 1.85. The molecule has 0 aromatic heterocycles. The lowest BCUT2D eigenvalue weighted by atomic mass is 10.3. The van der Waals surface area contributed by atoms with Gasteiger partial charge in [-0.05, 0) is 12.2 Å². The summed E-state index contributed by atoms with van der Waals surface area (Å²) in [6, 6.07) is 1.17. The number of carboxylic acid groups (broad SMARTS) is 1. The molecule has 0 aromatic rings. The van der Waals surface area contributed by atoms with Crippen LogP contribution in [0.15, 0.2) is 0 Å². The normalized spacial score (nSPS) is 11.5. The summed E-state index contributed by atoms with van der Waals surface area (Å²) in [7, 11) is 0. The molecule has 0 radical (unpaired) electrons. The molecule has 0 heterocycles. The molecule has 1 atom stereocenters. The van der Waals surface area contributed by atoms with E-state index in [4.69, 9.17) is 10.4 Å². The van der Waals surface area contributed by atoms with Crippen molar-refractivity contribution in [3.63, 3.8) is 0 Å². The van der Waals surface area contributed by atoms with Gasteiger partial charge in [0.25, 0.3) is 0 Å². The first-order valence-corrected chi connectivity index (χ1v) is 5.68. The average molecular weight is 230 g/mol. The van der Waals surface area contributed by atoms with Crippen LogP contribution < -0.4 is 5.32 Å². The Labute approximate surface area is 92.8 Å². The molecule has 0 saturated carbocycles. The molecule has 0 aliphatic carbocycles. The molecular weight excluding hydrogens is 216 g/mol. The Morgan fingerprint density at radius 1 is 1.60 bits per heavy atom. The van der Waals surface area contributed by atoms with E-state index in [-0.39, 0.29) is 5.91 Å². The van der Waals surface area contributed by atoms with Gasteiger partial charge in [0.15, 0.2) is 0 Å². The predicted molar refractivity (Wildman–Crippen MR) is 57.4 cm³/mol. The third kappa shape index (κ3) is 7.82. The number of aliphatic carboxylic acids is 1. The Hall–Kier alpha value is -1.22. The van der Waals surface area contributed by atoms with Gasteiger partial charge < -0.3 is 10.4 Å². The zero-order valence-electron chi connectivity index (χ0n) is 8.52. The van der Waals surface area contributed by atoms with Crippen LogP contribution in [0.2, 0.25) is 0 Å². The quantitative estimate of drug-likeness (QED) is 0.625. The molecule has 0 rings (SSSR count). The van der Waals surface area contributed by atoms with Gasteiger partial charge >= 0.3 is 5.97 Å². The van der Waals surface area contributed by atoms with Crippen LogP contribution in [0.4, 0.5) is 0 Å². The van der Waals surface area contributed by atoms with Crippen molar-refractivity contribution in [1.29, 1.82) is 5.26 Å². The second-order valence-corrected chi connectivity index (χ2v) is 4.08. The number of thioether (sulfide) groups is 1. The first-order valence-electron chi connectivity index (χ1n) is 4.52. The van der Waals surface area contributed by atoms with Crippen molar-refractivity contribution in [1.82, 2.24) is 5.32 Å². The van der Waals surface area contributed by atoms with Crippen LogP contribution >= 0.6 is 11.8 Å². The Kier molecular flexibility index (Phi) is 7.46. The summed E-state index contributed by atoms with van der Waals surface area (Å²) in [6.07, 6.45) is 1.22. The molecule has 0 saturated heterocycles. The highest BCUT2D eigenvalue weighted by Crippen LogP contribution is 2.06. The first-order chi connectivity index (χ1) is 7.07. The summed E-state index contributed by atoms with van der Waals surface area (Å²) >= 11 is 1.42. The van der Waals surface area contributed by atoms with E-state index in [2.05, 4.69) is 5.32 Å². The van der Waals surface area contributed by atoms with Gasteiger partial charge in [-0.1, -0.05) is 0 Å². The van der Waals surface area contributed by atoms with Crippen molar-refractivity contribution in [2.45, 2.75) is 25.8 Å². The maximum Gasteiger partial charge on any atom is 0.327 e. The molecule has 1 amide bonds. The Morgan fingerprint density at radius 2 is 2.27 bits per heavy atom. The van der Waals surface area contributed by atoms with Crippen LogP contribution in [0.25, 0.3) is 0 Å². The van der Waals surface area contributed by atoms with Gasteiger partial charge in [0, 0.05) is 19.1 Å². The molecule has 5 nitrogen and oxygen atoms in total. The van der Waals surface area contributed by atoms with Crippen molar-refractivity contribution in [2.24, 2.45) is 0 Å². The third-order valence-corrected chi connectivity index (χ3v) is 2.68. The average Bonchev–Trinajstić information content (AvgIpc) is 2.15. The van der Waals surface area contributed by atoms with E-state index < -0.39 is 12.0 Å². The van der Waals surface area contributed by atoms with Crippen LogP contribution in [0.5, 0.6) is 0 Å². The maximum absolute atomic E-state index is 10.7. The van der Waals surface area contributed by atoms with Gasteiger partial charge in [-0.15, -0.1) is 0 Å². The number of carbonyl (C=O) groups is 2. The number of unbranched alkanes of at least 4 members (excludes halogenated alkanes) is 1. The number of hydrogen-bond donors (Lipinski definition) is 2. The molecule has 0 aliphatic heterocycles. The summed E-state index contributed by atoms with van der Waals surface area (Å²) in [4.78, 5) is 21.3. The lowest BCUT2D eigenvalue weighted by Gasteiger charge is -2.12. The van der Waals surface area contributed by atoms with Crippen LogP contribution in [-0.4, -0.2) is 34.5 Å². The van der Waals surface area contributed by atoms with Crippen molar-refractivity contribution < 1.29 is 14.7 Å². The molecule has 84 valence electrons. The topological polar surface area (TPSA) is 90.2 Å². The SMILES string of the molecule is CC(=O)N[C@@H](CSCCCC#N)C(=O)O. The highest BCUT2D eigenvalue weighted by molar-refractivity contribution is 7.99. The van der Waals surface area contributed by atoms with E-state index in [0.29, 0.717) is 12.2 Å². The van der Waals surface area contributed by atoms with Gasteiger partial charge in [-0.25, -0.2) is 4.79 Å². The van der Waals surface area contributed by atoms with Crippen molar-refractivity contribution >= 4 is 23.6 Å². The molecule has 0 bridgehead atoms. The van der Waals surface area contributed by atoms with Gasteiger partial charge in [-0.2, -0.15) is 17.0 Å². The van der Waals surface area contributed by atoms with Crippen LogP contribution in [0.3, 0.4) is 0 Å². The van der Waals surface area contributed by atoms with E-state index in [1.165, 1.54) is 18.7 Å². The second-order valence-electron chi connectivity index (χ2n) is 2.93. The minimum atomic E-state index is -1.03. The number of carboxylic acids is 1. The van der Waals surface area contributed by atoms with E-state index in [0.717, 1.165) is 12.2 Å². The smallest absolute Gasteiger partial charge is 0.327 e. The number of amides is 1. The molecule has 0 spiro atoms. The largest absolute Gasteiger partial charge is 0.480 e. The van der Waals surface area contributed by atoms with E-state index in [1.807, 2.05) is 6.07 Å². The summed E-state index contributed by atoms with van der Waals surface area (Å²) in [5.74, 6) is -0.310. The summed E-state index contributed by atoms with van der Waals surface area (Å²) < 4.78 is 0. The monoisotopic (exact) mass is 230 g/mol. The molecule has 2 N–H and O–H groups in total. The summed E-state index contributed by atoms with van der Waals surface area (Å²) in [6.45, 7) is 1.29. The lowest BCUT2D eigenvalue weighted by Crippen LogP contribution is -2.41. The fraction of sp³-hybridized carbons (Fsp3) is 0.667. The van der Waals surface area contributed by atoms with Gasteiger partial charge in [0.1, 0.15) is 6.04 Å². The van der Waals surface area contributed by atoms with Crippen molar-refractivity contribution in [3.8, 4) is 6.07 Å². The van der Waals surface area contributed by atoms with Crippen LogP contribution in [0.1, 0.15) is 19.8 Å². The van der Waals surface area contributed by atoms with Gasteiger partial charge in [-0.3, -0.25) is 4.79 Å². The molecule has 15 heavy (non-hydrogen) atoms. The second kappa shape index (κ2) is 8.12. The Balaban J connectivity index is 3.73. The number of nitrogens with one attached hydrogen (secondary N) is 1. The Bertz CT molecular complexity index is 263. The molecule has 0 unspecified atom stereocenters. The molecule has 6 heteroatoms. The first kappa shape index (κ1) is 13.8. The summed E-state index contributed by atoms with van der Waals surface area (Å²) in [5, 5.41) is 19.4. The lowest BCUT2D eigenvalue weighted by molar-refractivity contribution is -0.140. The molecule has 0 fully saturated rings. The maximum atomic E-state index is 10.7. The van der Waals surface area contributed by atoms with Crippen LogP contribution in [0, 0.1) is 11.3 Å². The Morgan fingerprint density at radius 3 is 2.73 bits per heavy atom. The number of rotatable bonds is 7. The highest BCUT2D eigenvalue weighted by Gasteiger charge is 2.17. The van der Waals surface area contributed by atoms with Crippen molar-refractivity contribution in [3.05, 3.63) is 0 Å². The van der Waals surface area contributed by atoms with E-state index in [1.54, 1.807) is 0 Å². The van der Waals surface area contributed by atoms with E-state index in [9.17, 15) is 9.59 Å². The molecule has 0 aliphatic rings. The van der Waals surface area contributed by atoms with Gasteiger partial charge in [0.2, 0.25) is 5.91 Å². The zero-order chi connectivity index (χ0) is 11.7. The predicted octanol–water partition coefficient (Wildman–Crippen LogP) is 0.613.